The Balaban J connectivity index is 1.38. The summed E-state index contributed by atoms with van der Waals surface area (Å²) >= 11 is 0. The third kappa shape index (κ3) is 3.15. The van der Waals surface area contributed by atoms with Gasteiger partial charge in [0.15, 0.2) is 0 Å². The molecule has 1 amide bonds. The molecule has 26 heavy (non-hydrogen) atoms. The van der Waals surface area contributed by atoms with Crippen LogP contribution in [0, 0.1) is 0 Å². The van der Waals surface area contributed by atoms with Crippen molar-refractivity contribution >= 4 is 17.3 Å². The van der Waals surface area contributed by atoms with Crippen LogP contribution in [-0.4, -0.2) is 54.7 Å². The first-order chi connectivity index (χ1) is 12.6. The standard InChI is InChI=1S/C21H25N3O2/c1-16-14-17-6-2-3-7-18(17)24(16)21(26)15-22-10-12-23(13-11-22)19-8-4-5-9-20(19)25/h2-9,16,25H,10-15H2,1H3/t16-/m0/s1. The number of carbonyl (C=O) groups excluding carboxylic acids is 1. The van der Waals surface area contributed by atoms with Gasteiger partial charge in [-0.3, -0.25) is 9.69 Å². The molecule has 0 aliphatic carbocycles. The second kappa shape index (κ2) is 7.00. The van der Waals surface area contributed by atoms with E-state index in [2.05, 4.69) is 22.8 Å². The van der Waals surface area contributed by atoms with Gasteiger partial charge in [0.1, 0.15) is 5.75 Å². The number of piperazine rings is 1. The maximum absolute atomic E-state index is 12.9. The van der Waals surface area contributed by atoms with Gasteiger partial charge in [0.2, 0.25) is 5.91 Å². The van der Waals surface area contributed by atoms with Crippen molar-refractivity contribution in [1.82, 2.24) is 4.90 Å². The highest BCUT2D eigenvalue weighted by Crippen LogP contribution is 2.32. The molecule has 2 heterocycles. The minimum absolute atomic E-state index is 0.179. The lowest BCUT2D eigenvalue weighted by molar-refractivity contribution is -0.120. The van der Waals surface area contributed by atoms with E-state index in [9.17, 15) is 9.90 Å². The lowest BCUT2D eigenvalue weighted by atomic mass is 10.1. The van der Waals surface area contributed by atoms with E-state index in [0.717, 1.165) is 44.0 Å². The topological polar surface area (TPSA) is 47.0 Å². The molecule has 1 N–H and O–H groups in total. The normalized spacial score (nSPS) is 20.3. The summed E-state index contributed by atoms with van der Waals surface area (Å²) in [7, 11) is 0. The number of rotatable bonds is 3. The molecule has 2 aliphatic heterocycles. The maximum atomic E-state index is 12.9. The molecule has 1 saturated heterocycles. The van der Waals surface area contributed by atoms with Crippen LogP contribution in [0.25, 0.3) is 0 Å². The van der Waals surface area contributed by atoms with Crippen molar-refractivity contribution < 1.29 is 9.90 Å². The largest absolute Gasteiger partial charge is 0.506 e. The van der Waals surface area contributed by atoms with Crippen molar-refractivity contribution in [1.29, 1.82) is 0 Å². The molecule has 0 radical (unpaired) electrons. The monoisotopic (exact) mass is 351 g/mol. The summed E-state index contributed by atoms with van der Waals surface area (Å²) < 4.78 is 0. The van der Waals surface area contributed by atoms with Gasteiger partial charge < -0.3 is 14.9 Å². The average Bonchev–Trinajstić information content (AvgIpc) is 2.99. The highest BCUT2D eigenvalue weighted by atomic mass is 16.3. The van der Waals surface area contributed by atoms with Crippen LogP contribution in [0.5, 0.6) is 5.75 Å². The fourth-order valence-electron chi connectivity index (χ4n) is 4.09. The third-order valence-electron chi connectivity index (χ3n) is 5.43. The van der Waals surface area contributed by atoms with Crippen LogP contribution in [0.4, 0.5) is 11.4 Å². The van der Waals surface area contributed by atoms with Crippen LogP contribution in [0.2, 0.25) is 0 Å². The average molecular weight is 351 g/mol. The van der Waals surface area contributed by atoms with E-state index in [1.807, 2.05) is 41.3 Å². The number of para-hydroxylation sites is 3. The van der Waals surface area contributed by atoms with Gasteiger partial charge in [0.25, 0.3) is 0 Å². The number of hydrogen-bond donors (Lipinski definition) is 1. The molecule has 0 bridgehead atoms. The second-order valence-corrected chi connectivity index (χ2v) is 7.20. The van der Waals surface area contributed by atoms with Crippen LogP contribution in [0.15, 0.2) is 48.5 Å². The van der Waals surface area contributed by atoms with Crippen molar-refractivity contribution in [2.45, 2.75) is 19.4 Å². The molecule has 0 unspecified atom stereocenters. The molecular formula is C21H25N3O2. The number of anilines is 2. The van der Waals surface area contributed by atoms with Crippen molar-refractivity contribution in [2.75, 3.05) is 42.5 Å². The SMILES string of the molecule is C[C@H]1Cc2ccccc2N1C(=O)CN1CCN(c2ccccc2O)CC1. The van der Waals surface area contributed by atoms with Crippen molar-refractivity contribution in [3.63, 3.8) is 0 Å². The number of fused-ring (bicyclic) bond motifs is 1. The van der Waals surface area contributed by atoms with Gasteiger partial charge >= 0.3 is 0 Å². The number of amides is 1. The first-order valence-electron chi connectivity index (χ1n) is 9.29. The van der Waals surface area contributed by atoms with Crippen LogP contribution in [0.1, 0.15) is 12.5 Å². The molecule has 2 aromatic carbocycles. The molecule has 136 valence electrons. The zero-order chi connectivity index (χ0) is 18.1. The quantitative estimate of drug-likeness (QED) is 0.923. The number of nitrogens with zero attached hydrogens (tertiary/aromatic N) is 3. The number of phenols is 1. The van der Waals surface area contributed by atoms with Gasteiger partial charge in [0, 0.05) is 37.9 Å². The smallest absolute Gasteiger partial charge is 0.241 e. The Morgan fingerprint density at radius 1 is 1.00 bits per heavy atom. The first kappa shape index (κ1) is 16.9. The molecule has 0 saturated carbocycles. The van der Waals surface area contributed by atoms with Crippen molar-refractivity contribution in [2.24, 2.45) is 0 Å². The first-order valence-corrected chi connectivity index (χ1v) is 9.29. The maximum Gasteiger partial charge on any atom is 0.241 e. The Bertz CT molecular complexity index is 799. The summed E-state index contributed by atoms with van der Waals surface area (Å²) in [5.74, 6) is 0.498. The molecule has 1 atom stereocenters. The van der Waals surface area contributed by atoms with E-state index >= 15 is 0 Å². The summed E-state index contributed by atoms with van der Waals surface area (Å²) in [6.07, 6.45) is 0.934. The van der Waals surface area contributed by atoms with Crippen LogP contribution in [-0.2, 0) is 11.2 Å². The van der Waals surface area contributed by atoms with Gasteiger partial charge in [0.05, 0.1) is 12.2 Å². The summed E-state index contributed by atoms with van der Waals surface area (Å²) in [6.45, 7) is 5.85. The van der Waals surface area contributed by atoms with Crippen molar-refractivity contribution in [3.8, 4) is 5.75 Å². The minimum atomic E-state index is 0.179. The summed E-state index contributed by atoms with van der Waals surface area (Å²) in [5, 5.41) is 10.0. The molecule has 0 spiro atoms. The number of benzene rings is 2. The van der Waals surface area contributed by atoms with Gasteiger partial charge in [-0.2, -0.15) is 0 Å². The van der Waals surface area contributed by atoms with Gasteiger partial charge in [-0.1, -0.05) is 30.3 Å². The molecule has 4 rings (SSSR count). The van der Waals surface area contributed by atoms with Crippen LogP contribution >= 0.6 is 0 Å². The number of aromatic hydroxyl groups is 1. The fourth-order valence-corrected chi connectivity index (χ4v) is 4.09. The fraction of sp³-hybridized carbons (Fsp3) is 0.381. The molecule has 0 aromatic heterocycles. The highest BCUT2D eigenvalue weighted by Gasteiger charge is 2.31. The predicted molar refractivity (Wildman–Crippen MR) is 104 cm³/mol. The Kier molecular flexibility index (Phi) is 4.55. The molecule has 2 aliphatic rings. The second-order valence-electron chi connectivity index (χ2n) is 7.20. The van der Waals surface area contributed by atoms with E-state index < -0.39 is 0 Å². The molecule has 5 heteroatoms. The number of phenolic OH excluding ortho intramolecular Hbond substituents is 1. The highest BCUT2D eigenvalue weighted by molar-refractivity contribution is 5.97. The summed E-state index contributed by atoms with van der Waals surface area (Å²) in [4.78, 5) is 19.3. The van der Waals surface area contributed by atoms with Crippen molar-refractivity contribution in [3.05, 3.63) is 54.1 Å². The zero-order valence-electron chi connectivity index (χ0n) is 15.1. The Labute approximate surface area is 154 Å². The van der Waals surface area contributed by atoms with E-state index in [0.29, 0.717) is 12.3 Å². The Hall–Kier alpha value is -2.53. The summed E-state index contributed by atoms with van der Waals surface area (Å²) in [5.41, 5.74) is 3.20. The van der Waals surface area contributed by atoms with Gasteiger partial charge in [-0.15, -0.1) is 0 Å². The molecular weight excluding hydrogens is 326 g/mol. The van der Waals surface area contributed by atoms with E-state index in [1.54, 1.807) is 6.07 Å². The Morgan fingerprint density at radius 3 is 2.38 bits per heavy atom. The number of hydrogen-bond acceptors (Lipinski definition) is 4. The lowest BCUT2D eigenvalue weighted by Gasteiger charge is -2.36. The van der Waals surface area contributed by atoms with Crippen LogP contribution < -0.4 is 9.80 Å². The Morgan fingerprint density at radius 2 is 1.65 bits per heavy atom. The third-order valence-corrected chi connectivity index (χ3v) is 5.43. The molecule has 5 nitrogen and oxygen atoms in total. The molecule has 2 aromatic rings. The van der Waals surface area contributed by atoms with Gasteiger partial charge in [-0.25, -0.2) is 0 Å². The zero-order valence-corrected chi connectivity index (χ0v) is 15.1. The van der Waals surface area contributed by atoms with Gasteiger partial charge in [-0.05, 0) is 37.1 Å². The molecule has 1 fully saturated rings. The van der Waals surface area contributed by atoms with E-state index in [4.69, 9.17) is 0 Å². The lowest BCUT2D eigenvalue weighted by Crippen LogP contribution is -2.51. The minimum Gasteiger partial charge on any atom is -0.506 e. The van der Waals surface area contributed by atoms with E-state index in [-0.39, 0.29) is 11.9 Å². The predicted octanol–water partition coefficient (Wildman–Crippen LogP) is 2.49. The van der Waals surface area contributed by atoms with E-state index in [1.165, 1.54) is 5.56 Å². The summed E-state index contributed by atoms with van der Waals surface area (Å²) in [6, 6.07) is 15.9. The van der Waals surface area contributed by atoms with Crippen LogP contribution in [0.3, 0.4) is 0 Å². The number of carbonyl (C=O) groups is 1.